The Morgan fingerprint density at radius 2 is 0.734 bits per heavy atom. The number of hydrogen-bond acceptors (Lipinski definition) is 24. The molecule has 0 aliphatic carbocycles. The zero-order chi connectivity index (χ0) is 99.2. The predicted molar refractivity (Wildman–Crippen MR) is 560 cm³/mol. The number of aromatic amines is 1. The van der Waals surface area contributed by atoms with Gasteiger partial charge in [0.2, 0.25) is 12.2 Å². The van der Waals surface area contributed by atoms with Gasteiger partial charge in [-0.25, -0.2) is 25.8 Å². The number of H-pyrrole nitrogens is 1. The number of benzene rings is 8. The van der Waals surface area contributed by atoms with Crippen molar-refractivity contribution in [1.29, 1.82) is 10.5 Å². The van der Waals surface area contributed by atoms with E-state index in [1.807, 2.05) is 292 Å². The Balaban J connectivity index is 0.000000181. The molecule has 722 valence electrons. The Hall–Kier alpha value is -12.0. The Morgan fingerprint density at radius 3 is 0.993 bits per heavy atom. The molecule has 0 radical (unpaired) electrons. The van der Waals surface area contributed by atoms with Crippen LogP contribution in [0.25, 0.3) is 102 Å². The summed E-state index contributed by atoms with van der Waals surface area (Å²) in [5, 5.41) is 68.5. The minimum Gasteiger partial charge on any atom is -0.409 e. The molecule has 0 fully saturated rings. The lowest BCUT2D eigenvalue weighted by atomic mass is 10.1. The molecule has 17 aromatic rings. The summed E-state index contributed by atoms with van der Waals surface area (Å²) in [6.07, 6.45) is 8.96. The van der Waals surface area contributed by atoms with Crippen LogP contribution < -0.4 is 11.6 Å². The van der Waals surface area contributed by atoms with Gasteiger partial charge < -0.3 is 53.2 Å². The van der Waals surface area contributed by atoms with E-state index in [2.05, 4.69) is 129 Å². The summed E-state index contributed by atoms with van der Waals surface area (Å²) in [7, 11) is 7.99. The highest BCUT2D eigenvalue weighted by atomic mass is 79.9. The second-order valence-corrected chi connectivity index (χ2v) is 38.9. The van der Waals surface area contributed by atoms with Gasteiger partial charge in [0.25, 0.3) is 6.48 Å². The minimum atomic E-state index is -0.472. The van der Waals surface area contributed by atoms with E-state index < -0.39 is 6.48 Å². The summed E-state index contributed by atoms with van der Waals surface area (Å²) in [5.41, 5.74) is 19.0. The van der Waals surface area contributed by atoms with E-state index in [-0.39, 0.29) is 36.4 Å². The minimum absolute atomic E-state index is 0. The molecule has 139 heavy (non-hydrogen) atoms. The summed E-state index contributed by atoms with van der Waals surface area (Å²) in [5.74, 6) is 7.29. The van der Waals surface area contributed by atoms with Crippen LogP contribution in [0.3, 0.4) is 0 Å². The van der Waals surface area contributed by atoms with Gasteiger partial charge in [-0.3, -0.25) is 19.1 Å². The zero-order valence-electron chi connectivity index (χ0n) is 78.7. The van der Waals surface area contributed by atoms with Gasteiger partial charge in [0, 0.05) is 169 Å². The number of oxime groups is 1. The standard InChI is InChI=1S/C24H21ClN6OS.C23H23ClN6OS.C23H20ClN5S.C20H14ClN5S.C7H16O3.C3H7Br.ClH.H3NO/c1-15(2)31-13-12-20(28-31)23-27-21(16-4-6-17(7-5-16)22-26-14-32-29-22)24(30(23)3)33-19-10-8-18(25)9-11-19;1-14(2)30-13-12-19(27-30)22-26-20(15-4-6-16(7-5-15)21(25)28-31)23(29(22)3)32-18-10-8-17(24)9-11-18;1-15(2)29-13-12-20(27-29)22-26-21(17-6-4-16(14-25)5-7-17)23(28(22)3)30-19-10-8-18(24)9-11-19;1-26-19(17-10-11-23-25-17)24-18(14-4-2-13(12-22)3-5-14)20(26)27-16-8-6-15(21)7-9-16;1-4-8-7(9-5-2)10-6-3;1-3(2)4;;1-2/h4-15H,1-3H3;4-14,31H,1-3H3,(H2,25,28);4-13,15H,1-3H3;2-11H,1H3,(H,23,25);7H,4-6H2,1-3H3;3H,1-2H3;1H;2H,1H2. The van der Waals surface area contributed by atoms with Crippen molar-refractivity contribution in [2.24, 2.45) is 45.0 Å². The Morgan fingerprint density at radius 1 is 0.446 bits per heavy atom. The lowest BCUT2D eigenvalue weighted by Crippen LogP contribution is -2.20. The molecule has 9 aromatic heterocycles. The van der Waals surface area contributed by atoms with Crippen molar-refractivity contribution in [1.82, 2.24) is 87.9 Å². The van der Waals surface area contributed by atoms with Crippen molar-refractivity contribution in [3.8, 4) is 115 Å². The third-order valence-corrected chi connectivity index (χ3v) is 25.6. The first-order chi connectivity index (χ1) is 66.5. The number of imidazole rings is 4. The maximum absolute atomic E-state index is 9.12. The van der Waals surface area contributed by atoms with Gasteiger partial charge in [0.1, 0.15) is 65.7 Å². The van der Waals surface area contributed by atoms with Gasteiger partial charge in [0.05, 0.1) is 23.3 Å². The molecular weight excluding hydrogens is 2000 g/mol. The number of rotatable bonds is 27. The number of nitriles is 2. The summed E-state index contributed by atoms with van der Waals surface area (Å²) in [4.78, 5) is 28.8. The fourth-order valence-corrected chi connectivity index (χ4v) is 17.5. The number of amidine groups is 1. The highest BCUT2D eigenvalue weighted by molar-refractivity contribution is 9.09. The quantitative estimate of drug-likeness (QED) is 0.00797. The highest BCUT2D eigenvalue weighted by Gasteiger charge is 2.27. The number of alkyl halides is 1. The van der Waals surface area contributed by atoms with E-state index in [1.54, 1.807) is 65.4 Å². The first-order valence-electron chi connectivity index (χ1n) is 43.4. The Bertz CT molecular complexity index is 6800. The molecule has 0 saturated heterocycles. The SMILES string of the molecule is CC(C)Br.CC(C)n1ccc(-c2nc(-c3ccc(-c4ncon4)cc3)c(Sc3ccc(Cl)cc3)n2C)n1.CC(C)n1ccc(-c2nc(-c3ccc(/C(N)=N\O)cc3)c(Sc3ccc(Cl)cc3)n2C)n1.CC(C)n1ccc(-c2nc(-c3ccc(C#N)cc3)c(Sc3ccc(Cl)cc3)n2C)n1.CCOC(OCC)OCC.Cl.Cn1c(-c2ccn[nH]2)nc(-c2ccc(C#N)cc2)c1Sc1ccc(Cl)cc1.NO. The van der Waals surface area contributed by atoms with Gasteiger partial charge in [-0.05, 0) is 208 Å². The molecule has 39 heteroatoms. The number of nitrogens with zero attached hydrogens (tertiary/aromatic N) is 20. The predicted octanol–water partition coefficient (Wildman–Crippen LogP) is 26.1. The van der Waals surface area contributed by atoms with Crippen LogP contribution in [0.2, 0.25) is 20.1 Å². The molecule has 0 saturated carbocycles. The van der Waals surface area contributed by atoms with Crippen LogP contribution in [0.15, 0.2) is 299 Å². The number of aromatic nitrogens is 18. The van der Waals surface area contributed by atoms with Crippen molar-refractivity contribution in [2.75, 3.05) is 19.8 Å². The summed E-state index contributed by atoms with van der Waals surface area (Å²) >= 11 is 34.0. The van der Waals surface area contributed by atoms with Crippen LogP contribution in [0.5, 0.6) is 0 Å². The molecule has 0 aliphatic heterocycles. The molecule has 0 bridgehead atoms. The molecule has 7 N–H and O–H groups in total. The largest absolute Gasteiger partial charge is 0.409 e. The van der Waals surface area contributed by atoms with Crippen molar-refractivity contribution >= 4 is 128 Å². The average Bonchev–Trinajstić information content (AvgIpc) is 1.64. The Labute approximate surface area is 859 Å². The Kier molecular flexibility index (Phi) is 41.8. The molecule has 0 spiro atoms. The number of ether oxygens (including phenoxy) is 3. The van der Waals surface area contributed by atoms with E-state index in [4.69, 9.17) is 127 Å². The highest BCUT2D eigenvalue weighted by Crippen LogP contribution is 2.45. The molecule has 0 amide bonds. The second-order valence-electron chi connectivity index (χ2n) is 31.1. The molecule has 0 atom stereocenters. The molecule has 8 aromatic carbocycles. The van der Waals surface area contributed by atoms with Crippen LogP contribution in [-0.2, 0) is 42.4 Å². The summed E-state index contributed by atoms with van der Waals surface area (Å²) in [6, 6.07) is 74.4. The van der Waals surface area contributed by atoms with Gasteiger partial charge in [-0.1, -0.05) is 206 Å². The molecule has 0 unspecified atom stereocenters. The topological polar surface area (TPSA) is 372 Å². The molecule has 0 aliphatic rings. The van der Waals surface area contributed by atoms with E-state index in [9.17, 15) is 0 Å². The monoisotopic (exact) mass is 2110 g/mol. The van der Waals surface area contributed by atoms with Crippen LogP contribution >= 0.6 is 122 Å². The van der Waals surface area contributed by atoms with Crippen molar-refractivity contribution < 1.29 is 29.1 Å². The fraction of sp³-hybridized carbons (Fsp3) is 0.230. The van der Waals surface area contributed by atoms with Crippen LogP contribution in [0.4, 0.5) is 0 Å². The lowest BCUT2D eigenvalue weighted by molar-refractivity contribution is -0.282. The molecule has 17 rings (SSSR count). The lowest BCUT2D eigenvalue weighted by Gasteiger charge is -2.15. The normalized spacial score (nSPS) is 11.0. The van der Waals surface area contributed by atoms with E-state index in [1.165, 1.54) is 6.39 Å². The van der Waals surface area contributed by atoms with E-state index in [0.717, 1.165) is 136 Å². The summed E-state index contributed by atoms with van der Waals surface area (Å²) in [6.45, 7) is 23.8. The number of nitrogens with one attached hydrogen (secondary N) is 1. The third-order valence-electron chi connectivity index (χ3n) is 19.9. The molecule has 9 heterocycles. The summed E-state index contributed by atoms with van der Waals surface area (Å²) < 4.78 is 34.1. The molecular formula is C100H105BrCl5N23O6S4. The van der Waals surface area contributed by atoms with Crippen LogP contribution in [-0.4, -0.2) is 135 Å². The second kappa shape index (κ2) is 53.4. The maximum Gasteiger partial charge on any atom is 0.271 e. The van der Waals surface area contributed by atoms with Crippen molar-refractivity contribution in [3.63, 3.8) is 0 Å². The van der Waals surface area contributed by atoms with Gasteiger partial charge in [-0.2, -0.15) is 35.9 Å². The van der Waals surface area contributed by atoms with Gasteiger partial charge in [-0.15, -0.1) is 12.4 Å². The van der Waals surface area contributed by atoms with Gasteiger partial charge in [0.15, 0.2) is 29.1 Å². The smallest absolute Gasteiger partial charge is 0.271 e. The first-order valence-corrected chi connectivity index (χ1v) is 49.1. The van der Waals surface area contributed by atoms with Crippen molar-refractivity contribution in [3.05, 3.63) is 286 Å². The van der Waals surface area contributed by atoms with E-state index in [0.29, 0.717) is 67.3 Å². The van der Waals surface area contributed by atoms with Gasteiger partial charge >= 0.3 is 0 Å². The zero-order valence-corrected chi connectivity index (χ0v) is 87.4. The van der Waals surface area contributed by atoms with Crippen molar-refractivity contribution in [2.45, 2.75) is 145 Å². The average molecular weight is 2110 g/mol. The van der Waals surface area contributed by atoms with Crippen LogP contribution in [0.1, 0.15) is 111 Å². The number of nitrogens with two attached hydrogens (primary N) is 2. The molecule has 29 nitrogen and oxygen atoms in total. The number of hydrogen-bond donors (Lipinski definition) is 5. The van der Waals surface area contributed by atoms with E-state index >= 15 is 0 Å². The maximum atomic E-state index is 9.12. The number of halogens is 6. The fourth-order valence-electron chi connectivity index (χ4n) is 13.0. The van der Waals surface area contributed by atoms with Crippen LogP contribution in [0, 0.1) is 22.7 Å². The first kappa shape index (κ1) is 109. The third kappa shape index (κ3) is 29.5.